The van der Waals surface area contributed by atoms with Crippen molar-refractivity contribution in [3.8, 4) is 0 Å². The van der Waals surface area contributed by atoms with Crippen molar-refractivity contribution in [2.24, 2.45) is 0 Å². The smallest absolute Gasteiger partial charge is 0.203 e. The molecular weight excluding hydrogens is 232 g/mol. The molecule has 0 saturated heterocycles. The molecule has 2 heterocycles. The molecule has 0 aliphatic heterocycles. The van der Waals surface area contributed by atoms with E-state index in [2.05, 4.69) is 46.8 Å². The SMILES string of the molecule is CCNc1nc(C)cn1C(C)c1ncc(C)s1. The van der Waals surface area contributed by atoms with Crippen LogP contribution in [-0.4, -0.2) is 21.1 Å². The summed E-state index contributed by atoms with van der Waals surface area (Å²) in [5, 5.41) is 4.41. The number of imidazole rings is 1. The molecule has 2 rings (SSSR count). The molecule has 0 fully saturated rings. The third-order valence-corrected chi connectivity index (χ3v) is 3.68. The van der Waals surface area contributed by atoms with Crippen LogP contribution < -0.4 is 5.32 Å². The van der Waals surface area contributed by atoms with Crippen LogP contribution in [0, 0.1) is 13.8 Å². The highest BCUT2D eigenvalue weighted by atomic mass is 32.1. The van der Waals surface area contributed by atoms with E-state index in [9.17, 15) is 0 Å². The molecule has 1 N–H and O–H groups in total. The number of aryl methyl sites for hydroxylation is 2. The van der Waals surface area contributed by atoms with Crippen LogP contribution in [0.2, 0.25) is 0 Å². The number of nitrogens with zero attached hydrogens (tertiary/aromatic N) is 3. The topological polar surface area (TPSA) is 42.7 Å². The maximum atomic E-state index is 4.48. The lowest BCUT2D eigenvalue weighted by Gasteiger charge is -2.14. The Morgan fingerprint density at radius 1 is 1.47 bits per heavy atom. The molecule has 0 spiro atoms. The molecule has 0 radical (unpaired) electrons. The zero-order valence-corrected chi connectivity index (χ0v) is 11.5. The van der Waals surface area contributed by atoms with Crippen molar-refractivity contribution < 1.29 is 0 Å². The first-order valence-electron chi connectivity index (χ1n) is 5.83. The molecule has 4 nitrogen and oxygen atoms in total. The number of rotatable bonds is 4. The summed E-state index contributed by atoms with van der Waals surface area (Å²) in [6.07, 6.45) is 3.99. The van der Waals surface area contributed by atoms with E-state index in [1.165, 1.54) is 4.88 Å². The molecule has 5 heteroatoms. The summed E-state index contributed by atoms with van der Waals surface area (Å²) >= 11 is 1.74. The van der Waals surface area contributed by atoms with Crippen LogP contribution in [0.3, 0.4) is 0 Å². The number of anilines is 1. The fourth-order valence-electron chi connectivity index (χ4n) is 1.78. The van der Waals surface area contributed by atoms with E-state index in [1.807, 2.05) is 13.1 Å². The molecule has 0 aromatic carbocycles. The number of nitrogens with one attached hydrogen (secondary N) is 1. The van der Waals surface area contributed by atoms with E-state index in [4.69, 9.17) is 0 Å². The van der Waals surface area contributed by atoms with E-state index in [-0.39, 0.29) is 6.04 Å². The van der Waals surface area contributed by atoms with Crippen LogP contribution in [-0.2, 0) is 0 Å². The average molecular weight is 250 g/mol. The minimum Gasteiger partial charge on any atom is -0.356 e. The molecule has 0 aliphatic carbocycles. The van der Waals surface area contributed by atoms with Gasteiger partial charge in [0, 0.05) is 23.8 Å². The van der Waals surface area contributed by atoms with Crippen molar-refractivity contribution in [3.05, 3.63) is 28.0 Å². The van der Waals surface area contributed by atoms with Gasteiger partial charge in [0.1, 0.15) is 5.01 Å². The van der Waals surface area contributed by atoms with Gasteiger partial charge in [-0.15, -0.1) is 11.3 Å². The standard InChI is InChI=1S/C12H18N4S/c1-5-13-12-15-8(2)7-16(12)10(4)11-14-6-9(3)17-11/h6-7,10H,5H2,1-4H3,(H,13,15). The normalized spacial score (nSPS) is 12.7. The van der Waals surface area contributed by atoms with Crippen molar-refractivity contribution in [1.29, 1.82) is 0 Å². The lowest BCUT2D eigenvalue weighted by Crippen LogP contribution is -2.11. The number of hydrogen-bond acceptors (Lipinski definition) is 4. The van der Waals surface area contributed by atoms with Gasteiger partial charge in [0.05, 0.1) is 11.7 Å². The lowest BCUT2D eigenvalue weighted by molar-refractivity contribution is 0.639. The largest absolute Gasteiger partial charge is 0.356 e. The van der Waals surface area contributed by atoms with Gasteiger partial charge >= 0.3 is 0 Å². The molecule has 0 amide bonds. The molecule has 1 atom stereocenters. The molecule has 1 unspecified atom stereocenters. The van der Waals surface area contributed by atoms with Crippen molar-refractivity contribution in [2.75, 3.05) is 11.9 Å². The van der Waals surface area contributed by atoms with E-state index in [1.54, 1.807) is 11.3 Å². The fraction of sp³-hybridized carbons (Fsp3) is 0.500. The van der Waals surface area contributed by atoms with Crippen molar-refractivity contribution in [1.82, 2.24) is 14.5 Å². The highest BCUT2D eigenvalue weighted by Crippen LogP contribution is 2.26. The fourth-order valence-corrected chi connectivity index (χ4v) is 2.61. The zero-order valence-electron chi connectivity index (χ0n) is 10.7. The maximum Gasteiger partial charge on any atom is 0.203 e. The van der Waals surface area contributed by atoms with Crippen molar-refractivity contribution in [2.45, 2.75) is 33.7 Å². The monoisotopic (exact) mass is 250 g/mol. The Morgan fingerprint density at radius 2 is 2.24 bits per heavy atom. The summed E-state index contributed by atoms with van der Waals surface area (Å²) in [7, 11) is 0. The highest BCUT2D eigenvalue weighted by Gasteiger charge is 2.15. The molecule has 17 heavy (non-hydrogen) atoms. The van der Waals surface area contributed by atoms with E-state index in [0.717, 1.165) is 23.2 Å². The van der Waals surface area contributed by atoms with Crippen LogP contribution in [0.15, 0.2) is 12.4 Å². The first kappa shape index (κ1) is 12.1. The Balaban J connectivity index is 2.32. The predicted molar refractivity (Wildman–Crippen MR) is 71.8 cm³/mol. The van der Waals surface area contributed by atoms with Gasteiger partial charge in [0.2, 0.25) is 5.95 Å². The first-order chi connectivity index (χ1) is 8.11. The van der Waals surface area contributed by atoms with Gasteiger partial charge in [-0.2, -0.15) is 0 Å². The minimum absolute atomic E-state index is 0.226. The Morgan fingerprint density at radius 3 is 2.82 bits per heavy atom. The molecule has 0 bridgehead atoms. The summed E-state index contributed by atoms with van der Waals surface area (Å²) in [5.41, 5.74) is 1.03. The number of hydrogen-bond donors (Lipinski definition) is 1. The van der Waals surface area contributed by atoms with Gasteiger partial charge in [0.15, 0.2) is 0 Å². The summed E-state index contributed by atoms with van der Waals surface area (Å²) in [4.78, 5) is 10.2. The van der Waals surface area contributed by atoms with Crippen LogP contribution in [0.5, 0.6) is 0 Å². The van der Waals surface area contributed by atoms with Gasteiger partial charge in [-0.1, -0.05) is 0 Å². The zero-order chi connectivity index (χ0) is 12.4. The van der Waals surface area contributed by atoms with Crippen LogP contribution in [0.25, 0.3) is 0 Å². The Kier molecular flexibility index (Phi) is 3.47. The first-order valence-corrected chi connectivity index (χ1v) is 6.65. The lowest BCUT2D eigenvalue weighted by atomic mass is 10.3. The van der Waals surface area contributed by atoms with E-state index in [0.29, 0.717) is 0 Å². The Hall–Kier alpha value is -1.36. The summed E-state index contributed by atoms with van der Waals surface area (Å²) in [6.45, 7) is 9.20. The molecule has 92 valence electrons. The third kappa shape index (κ3) is 2.49. The van der Waals surface area contributed by atoms with Gasteiger partial charge in [0.25, 0.3) is 0 Å². The van der Waals surface area contributed by atoms with Crippen LogP contribution >= 0.6 is 11.3 Å². The molecule has 0 aliphatic rings. The Bertz CT molecular complexity index is 500. The van der Waals surface area contributed by atoms with Crippen LogP contribution in [0.1, 0.15) is 35.5 Å². The highest BCUT2D eigenvalue weighted by molar-refractivity contribution is 7.11. The van der Waals surface area contributed by atoms with Crippen LogP contribution in [0.4, 0.5) is 5.95 Å². The Labute approximate surface area is 106 Å². The quantitative estimate of drug-likeness (QED) is 0.907. The second-order valence-electron chi connectivity index (χ2n) is 4.13. The predicted octanol–water partition coefficient (Wildman–Crippen LogP) is 3.00. The minimum atomic E-state index is 0.226. The third-order valence-electron chi connectivity index (χ3n) is 2.60. The molecule has 2 aromatic heterocycles. The van der Waals surface area contributed by atoms with Gasteiger partial charge in [-0.3, -0.25) is 0 Å². The van der Waals surface area contributed by atoms with Crippen molar-refractivity contribution >= 4 is 17.3 Å². The molecule has 2 aromatic rings. The van der Waals surface area contributed by atoms with Gasteiger partial charge < -0.3 is 9.88 Å². The summed E-state index contributed by atoms with van der Waals surface area (Å²) in [6, 6.07) is 0.226. The second-order valence-corrected chi connectivity index (χ2v) is 5.39. The van der Waals surface area contributed by atoms with Gasteiger partial charge in [-0.25, -0.2) is 9.97 Å². The average Bonchev–Trinajstić information content (AvgIpc) is 2.85. The number of thiazole rings is 1. The van der Waals surface area contributed by atoms with Crippen molar-refractivity contribution in [3.63, 3.8) is 0 Å². The molecular formula is C12H18N4S. The summed E-state index contributed by atoms with van der Waals surface area (Å²) in [5.74, 6) is 0.922. The van der Waals surface area contributed by atoms with E-state index < -0.39 is 0 Å². The van der Waals surface area contributed by atoms with E-state index >= 15 is 0 Å². The molecule has 0 saturated carbocycles. The maximum absolute atomic E-state index is 4.48. The van der Waals surface area contributed by atoms with Gasteiger partial charge in [-0.05, 0) is 27.7 Å². The number of aromatic nitrogens is 3. The summed E-state index contributed by atoms with van der Waals surface area (Å²) < 4.78 is 2.15. The second kappa shape index (κ2) is 4.87.